The van der Waals surface area contributed by atoms with Gasteiger partial charge >= 0.3 is 0 Å². The number of fused-ring (bicyclic) bond motifs is 1. The molecule has 0 aliphatic carbocycles. The van der Waals surface area contributed by atoms with Gasteiger partial charge in [0.2, 0.25) is 11.0 Å². The van der Waals surface area contributed by atoms with Crippen LogP contribution in [0.4, 0.5) is 11.6 Å². The van der Waals surface area contributed by atoms with Gasteiger partial charge in [-0.15, -0.1) is 0 Å². The highest BCUT2D eigenvalue weighted by Crippen LogP contribution is 2.39. The van der Waals surface area contributed by atoms with Crippen molar-refractivity contribution in [2.75, 3.05) is 26.6 Å². The van der Waals surface area contributed by atoms with Crippen molar-refractivity contribution in [2.45, 2.75) is 0 Å². The van der Waals surface area contributed by atoms with E-state index in [-0.39, 0.29) is 5.28 Å². The fourth-order valence-corrected chi connectivity index (χ4v) is 3.09. The van der Waals surface area contributed by atoms with E-state index in [1.807, 2.05) is 29.0 Å². The Hall–Kier alpha value is -3.59. The van der Waals surface area contributed by atoms with Crippen molar-refractivity contribution in [1.82, 2.24) is 24.5 Å². The number of anilines is 2. The molecule has 0 fully saturated rings. The number of benzene rings is 1. The van der Waals surface area contributed by atoms with E-state index in [2.05, 4.69) is 25.3 Å². The molecule has 0 aliphatic heterocycles. The summed E-state index contributed by atoms with van der Waals surface area (Å²) in [5, 5.41) is 4.08. The lowest BCUT2D eigenvalue weighted by Crippen LogP contribution is -1.99. The zero-order valence-electron chi connectivity index (χ0n) is 15.9. The Morgan fingerprint density at radius 1 is 1.03 bits per heavy atom. The maximum atomic E-state index is 6.03. The highest BCUT2D eigenvalue weighted by Gasteiger charge is 2.15. The first-order chi connectivity index (χ1) is 14.1. The van der Waals surface area contributed by atoms with E-state index in [9.17, 15) is 0 Å². The number of pyridine rings is 1. The minimum absolute atomic E-state index is 0.122. The van der Waals surface area contributed by atoms with Crippen molar-refractivity contribution < 1.29 is 14.2 Å². The first kappa shape index (κ1) is 18.8. The molecule has 29 heavy (non-hydrogen) atoms. The first-order valence-electron chi connectivity index (χ1n) is 8.51. The summed E-state index contributed by atoms with van der Waals surface area (Å²) in [6.45, 7) is 0. The van der Waals surface area contributed by atoms with Crippen LogP contribution < -0.4 is 19.5 Å². The fraction of sp³-hybridized carbons (Fsp3) is 0.158. The fourth-order valence-electron chi connectivity index (χ4n) is 2.91. The molecular weight excluding hydrogens is 396 g/mol. The van der Waals surface area contributed by atoms with Crippen molar-refractivity contribution in [3.63, 3.8) is 0 Å². The van der Waals surface area contributed by atoms with Crippen LogP contribution in [0.5, 0.6) is 17.2 Å². The molecular formula is C19H17ClN6O3. The average molecular weight is 413 g/mol. The van der Waals surface area contributed by atoms with Gasteiger partial charge < -0.3 is 24.1 Å². The number of ether oxygens (including phenoxy) is 3. The maximum absolute atomic E-state index is 6.03. The van der Waals surface area contributed by atoms with Crippen molar-refractivity contribution in [3.8, 4) is 22.9 Å². The minimum atomic E-state index is 0.122. The van der Waals surface area contributed by atoms with Gasteiger partial charge in [-0.25, -0.2) is 9.97 Å². The summed E-state index contributed by atoms with van der Waals surface area (Å²) < 4.78 is 18.0. The summed E-state index contributed by atoms with van der Waals surface area (Å²) >= 11 is 6.03. The van der Waals surface area contributed by atoms with Gasteiger partial charge in [0.25, 0.3) is 0 Å². The van der Waals surface area contributed by atoms with Crippen LogP contribution in [-0.2, 0) is 0 Å². The van der Waals surface area contributed by atoms with Crippen LogP contribution in [-0.4, -0.2) is 45.8 Å². The smallest absolute Gasteiger partial charge is 0.224 e. The Bertz CT molecular complexity index is 1150. The molecule has 9 nitrogen and oxygen atoms in total. The SMILES string of the molecule is COc1cc(-n2cnc(Nc3nc(Cl)nc4cnccc34)c2)cc(OC)c1OC. The second-order valence-corrected chi connectivity index (χ2v) is 6.25. The third-order valence-corrected chi connectivity index (χ3v) is 4.42. The van der Waals surface area contributed by atoms with E-state index < -0.39 is 0 Å². The number of halogens is 1. The molecule has 0 bridgehead atoms. The molecule has 0 saturated heterocycles. The van der Waals surface area contributed by atoms with Gasteiger partial charge in [-0.05, 0) is 17.7 Å². The minimum Gasteiger partial charge on any atom is -0.493 e. The molecule has 4 rings (SSSR count). The zero-order valence-corrected chi connectivity index (χ0v) is 16.6. The van der Waals surface area contributed by atoms with Crippen LogP contribution in [0.3, 0.4) is 0 Å². The predicted octanol–water partition coefficient (Wildman–Crippen LogP) is 3.63. The molecule has 0 amide bonds. The third-order valence-electron chi connectivity index (χ3n) is 4.25. The van der Waals surface area contributed by atoms with Crippen LogP contribution in [0.1, 0.15) is 0 Å². The van der Waals surface area contributed by atoms with Crippen LogP contribution in [0.25, 0.3) is 16.6 Å². The Morgan fingerprint density at radius 3 is 2.48 bits per heavy atom. The van der Waals surface area contributed by atoms with Gasteiger partial charge in [0.1, 0.15) is 18.0 Å². The molecule has 0 spiro atoms. The number of imidazole rings is 1. The highest BCUT2D eigenvalue weighted by molar-refractivity contribution is 6.28. The number of hydrogen-bond donors (Lipinski definition) is 1. The Morgan fingerprint density at radius 2 is 1.79 bits per heavy atom. The molecule has 1 N–H and O–H groups in total. The van der Waals surface area contributed by atoms with Gasteiger partial charge in [0, 0.05) is 23.7 Å². The lowest BCUT2D eigenvalue weighted by Gasteiger charge is -2.14. The Labute approximate surface area is 171 Å². The van der Waals surface area contributed by atoms with Gasteiger partial charge in [-0.2, -0.15) is 4.98 Å². The summed E-state index contributed by atoms with van der Waals surface area (Å²) in [7, 11) is 4.70. The summed E-state index contributed by atoms with van der Waals surface area (Å²) in [5.74, 6) is 2.73. The molecule has 0 aliphatic rings. The molecule has 0 unspecified atom stereocenters. The molecule has 3 aromatic heterocycles. The van der Waals surface area contributed by atoms with Crippen molar-refractivity contribution in [3.05, 3.63) is 48.4 Å². The number of hydrogen-bond acceptors (Lipinski definition) is 8. The quantitative estimate of drug-likeness (QED) is 0.479. The Kier molecular flexibility index (Phi) is 5.05. The molecule has 10 heteroatoms. The lowest BCUT2D eigenvalue weighted by atomic mass is 10.2. The van der Waals surface area contributed by atoms with E-state index >= 15 is 0 Å². The molecule has 3 heterocycles. The highest BCUT2D eigenvalue weighted by atomic mass is 35.5. The topological polar surface area (TPSA) is 96.2 Å². The number of nitrogens with zero attached hydrogens (tertiary/aromatic N) is 5. The molecule has 0 radical (unpaired) electrons. The molecule has 148 valence electrons. The lowest BCUT2D eigenvalue weighted by molar-refractivity contribution is 0.324. The summed E-state index contributed by atoms with van der Waals surface area (Å²) in [6.07, 6.45) is 6.77. The third kappa shape index (κ3) is 3.59. The molecule has 0 saturated carbocycles. The van der Waals surface area contributed by atoms with Crippen LogP contribution in [0, 0.1) is 0 Å². The summed E-state index contributed by atoms with van der Waals surface area (Å²) in [4.78, 5) is 16.9. The van der Waals surface area contributed by atoms with Gasteiger partial charge in [0.15, 0.2) is 11.5 Å². The number of methoxy groups -OCH3 is 3. The normalized spacial score (nSPS) is 10.8. The van der Waals surface area contributed by atoms with E-state index in [1.54, 1.807) is 40.1 Å². The standard InChI is InChI=1S/C19H17ClN6O3/c1-27-14-6-11(7-15(28-2)17(14)29-3)26-9-16(22-10-26)24-18-12-4-5-21-8-13(12)23-19(20)25-18/h4-10H,1-3H3,(H,23,24,25). The van der Waals surface area contributed by atoms with E-state index in [0.29, 0.717) is 34.4 Å². The van der Waals surface area contributed by atoms with Gasteiger partial charge in [-0.3, -0.25) is 4.98 Å². The van der Waals surface area contributed by atoms with Gasteiger partial charge in [0.05, 0.1) is 44.9 Å². The number of rotatable bonds is 6. The van der Waals surface area contributed by atoms with Crippen LogP contribution in [0.15, 0.2) is 43.1 Å². The number of nitrogens with one attached hydrogen (secondary N) is 1. The average Bonchev–Trinajstić information content (AvgIpc) is 3.21. The van der Waals surface area contributed by atoms with E-state index in [4.69, 9.17) is 25.8 Å². The Balaban J connectivity index is 1.70. The van der Waals surface area contributed by atoms with Crippen molar-refractivity contribution >= 4 is 34.1 Å². The van der Waals surface area contributed by atoms with Crippen LogP contribution in [0.2, 0.25) is 5.28 Å². The van der Waals surface area contributed by atoms with Crippen molar-refractivity contribution in [2.24, 2.45) is 0 Å². The molecule has 0 atom stereocenters. The van der Waals surface area contributed by atoms with Gasteiger partial charge in [-0.1, -0.05) is 0 Å². The largest absolute Gasteiger partial charge is 0.493 e. The summed E-state index contributed by atoms with van der Waals surface area (Å²) in [5.41, 5.74) is 1.42. The predicted molar refractivity (Wildman–Crippen MR) is 109 cm³/mol. The second kappa shape index (κ2) is 7.80. The maximum Gasteiger partial charge on any atom is 0.224 e. The number of aromatic nitrogens is 5. The van der Waals surface area contributed by atoms with E-state index in [0.717, 1.165) is 11.1 Å². The van der Waals surface area contributed by atoms with Crippen molar-refractivity contribution in [1.29, 1.82) is 0 Å². The van der Waals surface area contributed by atoms with Crippen LogP contribution >= 0.6 is 11.6 Å². The zero-order chi connectivity index (χ0) is 20.4. The second-order valence-electron chi connectivity index (χ2n) is 5.91. The molecule has 4 aromatic rings. The van der Waals surface area contributed by atoms with E-state index in [1.165, 1.54) is 0 Å². The molecule has 1 aromatic carbocycles. The monoisotopic (exact) mass is 412 g/mol. The first-order valence-corrected chi connectivity index (χ1v) is 8.89. The summed E-state index contributed by atoms with van der Waals surface area (Å²) in [6, 6.07) is 5.47.